The summed E-state index contributed by atoms with van der Waals surface area (Å²) in [6.45, 7) is 2.87. The molecule has 0 aliphatic carbocycles. The van der Waals surface area contributed by atoms with Crippen LogP contribution in [0.15, 0.2) is 15.5 Å². The molecule has 2 atom stereocenters. The number of anilines is 1. The second kappa shape index (κ2) is 6.46. The van der Waals surface area contributed by atoms with Gasteiger partial charge in [-0.2, -0.15) is 5.10 Å². The van der Waals surface area contributed by atoms with E-state index in [1.165, 1.54) is 17.5 Å². The molecule has 3 rings (SSSR count). The Morgan fingerprint density at radius 3 is 3.05 bits per heavy atom. The van der Waals surface area contributed by atoms with Crippen molar-refractivity contribution < 1.29 is 4.74 Å². The van der Waals surface area contributed by atoms with E-state index in [0.717, 1.165) is 25.2 Å². The Balaban J connectivity index is 1.82. The summed E-state index contributed by atoms with van der Waals surface area (Å²) >= 11 is 3.46. The summed E-state index contributed by atoms with van der Waals surface area (Å²) in [6.07, 6.45) is 5.41. The van der Waals surface area contributed by atoms with Gasteiger partial charge in [-0.15, -0.1) is 0 Å². The lowest BCUT2D eigenvalue weighted by Gasteiger charge is -2.27. The first-order chi connectivity index (χ1) is 10.2. The number of aromatic nitrogens is 2. The van der Waals surface area contributed by atoms with Gasteiger partial charge in [-0.25, -0.2) is 4.68 Å². The Morgan fingerprint density at radius 2 is 2.24 bits per heavy atom. The third kappa shape index (κ3) is 3.14. The van der Waals surface area contributed by atoms with Gasteiger partial charge in [-0.3, -0.25) is 4.79 Å². The van der Waals surface area contributed by atoms with Crippen LogP contribution in [0.3, 0.4) is 0 Å². The minimum Gasteiger partial charge on any atom is -0.383 e. The normalized spacial score (nSPS) is 25.1. The van der Waals surface area contributed by atoms with Crippen molar-refractivity contribution in [2.24, 2.45) is 0 Å². The number of nitrogens with one attached hydrogen (secondary N) is 1. The molecule has 0 saturated carbocycles. The maximum atomic E-state index is 12.3. The van der Waals surface area contributed by atoms with Crippen molar-refractivity contribution in [2.45, 2.75) is 37.9 Å². The van der Waals surface area contributed by atoms with Crippen LogP contribution in [0.25, 0.3) is 0 Å². The Hall–Kier alpha value is -0.920. The summed E-state index contributed by atoms with van der Waals surface area (Å²) in [4.78, 5) is 14.6. The highest BCUT2D eigenvalue weighted by Gasteiger charge is 2.30. The molecule has 0 radical (unpaired) electrons. The zero-order chi connectivity index (χ0) is 14.8. The van der Waals surface area contributed by atoms with E-state index in [4.69, 9.17) is 4.74 Å². The summed E-state index contributed by atoms with van der Waals surface area (Å²) in [5, 5.41) is 7.93. The topological polar surface area (TPSA) is 59.4 Å². The number of fused-ring (bicyclic) bond motifs is 2. The molecule has 6 nitrogen and oxygen atoms in total. The molecule has 7 heteroatoms. The van der Waals surface area contributed by atoms with Gasteiger partial charge in [0.25, 0.3) is 5.56 Å². The van der Waals surface area contributed by atoms with Crippen LogP contribution >= 0.6 is 15.9 Å². The van der Waals surface area contributed by atoms with Crippen LogP contribution in [0.1, 0.15) is 19.3 Å². The molecule has 2 saturated heterocycles. The minimum atomic E-state index is -0.0908. The molecule has 2 bridgehead atoms. The van der Waals surface area contributed by atoms with Gasteiger partial charge in [-0.05, 0) is 35.2 Å². The van der Waals surface area contributed by atoms with Crippen molar-refractivity contribution in [2.75, 3.05) is 31.7 Å². The highest BCUT2D eigenvalue weighted by atomic mass is 79.9. The van der Waals surface area contributed by atoms with Crippen LogP contribution < -0.4 is 15.8 Å². The average molecular weight is 357 g/mol. The molecule has 0 amide bonds. The van der Waals surface area contributed by atoms with Crippen molar-refractivity contribution in [3.63, 3.8) is 0 Å². The number of ether oxygens (including phenoxy) is 1. The fraction of sp³-hybridized carbons (Fsp3) is 0.714. The van der Waals surface area contributed by atoms with Gasteiger partial charge in [0.1, 0.15) is 4.47 Å². The number of nitrogens with zero attached hydrogens (tertiary/aromatic N) is 3. The first-order valence-electron chi connectivity index (χ1n) is 7.44. The zero-order valence-electron chi connectivity index (χ0n) is 12.2. The lowest BCUT2D eigenvalue weighted by Crippen LogP contribution is -2.37. The second-order valence-corrected chi connectivity index (χ2v) is 6.53. The maximum absolute atomic E-state index is 12.3. The summed E-state index contributed by atoms with van der Waals surface area (Å²) < 4.78 is 7.05. The minimum absolute atomic E-state index is 0.0908. The van der Waals surface area contributed by atoms with E-state index in [2.05, 4.69) is 31.2 Å². The van der Waals surface area contributed by atoms with E-state index in [1.807, 2.05) is 0 Å². The first-order valence-corrected chi connectivity index (χ1v) is 8.24. The van der Waals surface area contributed by atoms with Gasteiger partial charge in [0.15, 0.2) is 0 Å². The van der Waals surface area contributed by atoms with Gasteiger partial charge in [0, 0.05) is 32.3 Å². The number of methoxy groups -OCH3 is 1. The number of hydrogen-bond donors (Lipinski definition) is 1. The molecule has 1 aromatic heterocycles. The molecule has 116 valence electrons. The van der Waals surface area contributed by atoms with Crippen molar-refractivity contribution in [1.82, 2.24) is 15.1 Å². The largest absolute Gasteiger partial charge is 0.383 e. The molecular weight excluding hydrogens is 336 g/mol. The van der Waals surface area contributed by atoms with Crippen LogP contribution in [0.2, 0.25) is 0 Å². The Kier molecular flexibility index (Phi) is 4.61. The number of rotatable bonds is 4. The SMILES string of the molecule is COCCn1ncc(N2CCC3CCC(C2)N3)c(Br)c1=O. The number of hydrogen-bond acceptors (Lipinski definition) is 5. The smallest absolute Gasteiger partial charge is 0.283 e. The molecule has 0 aromatic carbocycles. The van der Waals surface area contributed by atoms with Gasteiger partial charge in [0.2, 0.25) is 0 Å². The predicted octanol–water partition coefficient (Wildman–Crippen LogP) is 0.983. The van der Waals surface area contributed by atoms with E-state index < -0.39 is 0 Å². The fourth-order valence-corrected chi connectivity index (χ4v) is 3.73. The highest BCUT2D eigenvalue weighted by Crippen LogP contribution is 2.27. The third-order valence-corrected chi connectivity index (χ3v) is 5.08. The predicted molar refractivity (Wildman–Crippen MR) is 84.8 cm³/mol. The van der Waals surface area contributed by atoms with E-state index in [1.54, 1.807) is 13.3 Å². The lowest BCUT2D eigenvalue weighted by molar-refractivity contribution is 0.181. The van der Waals surface area contributed by atoms with E-state index in [0.29, 0.717) is 29.7 Å². The second-order valence-electron chi connectivity index (χ2n) is 5.74. The summed E-state index contributed by atoms with van der Waals surface area (Å²) in [7, 11) is 1.62. The molecule has 1 N–H and O–H groups in total. The quantitative estimate of drug-likeness (QED) is 0.871. The Labute approximate surface area is 132 Å². The number of halogens is 1. The van der Waals surface area contributed by atoms with Crippen molar-refractivity contribution >= 4 is 21.6 Å². The van der Waals surface area contributed by atoms with Crippen LogP contribution in [0.5, 0.6) is 0 Å². The lowest BCUT2D eigenvalue weighted by atomic mass is 10.1. The highest BCUT2D eigenvalue weighted by molar-refractivity contribution is 9.10. The third-order valence-electron chi connectivity index (χ3n) is 4.34. The van der Waals surface area contributed by atoms with Crippen LogP contribution in [-0.2, 0) is 11.3 Å². The van der Waals surface area contributed by atoms with Gasteiger partial charge < -0.3 is 15.0 Å². The van der Waals surface area contributed by atoms with Crippen LogP contribution in [0, 0.1) is 0 Å². The Morgan fingerprint density at radius 1 is 1.43 bits per heavy atom. The van der Waals surface area contributed by atoms with E-state index >= 15 is 0 Å². The molecule has 21 heavy (non-hydrogen) atoms. The van der Waals surface area contributed by atoms with Gasteiger partial charge in [0.05, 0.1) is 25.0 Å². The molecule has 3 heterocycles. The molecular formula is C14H21BrN4O2. The molecule has 2 fully saturated rings. The van der Waals surface area contributed by atoms with Crippen molar-refractivity contribution in [3.05, 3.63) is 21.0 Å². The first kappa shape index (κ1) is 15.0. The molecule has 0 spiro atoms. The van der Waals surface area contributed by atoms with Crippen molar-refractivity contribution in [1.29, 1.82) is 0 Å². The van der Waals surface area contributed by atoms with Crippen molar-refractivity contribution in [3.8, 4) is 0 Å². The summed E-state index contributed by atoms with van der Waals surface area (Å²) in [5.74, 6) is 0. The molecule has 2 aliphatic rings. The molecule has 2 unspecified atom stereocenters. The maximum Gasteiger partial charge on any atom is 0.283 e. The summed E-state index contributed by atoms with van der Waals surface area (Å²) in [5.41, 5.74) is 0.815. The standard InChI is InChI=1S/C14H21BrN4O2/c1-21-7-6-19-14(20)13(15)12(8-16-19)18-5-4-10-2-3-11(9-18)17-10/h8,10-11,17H,2-7,9H2,1H3. The average Bonchev–Trinajstić information content (AvgIpc) is 2.81. The summed E-state index contributed by atoms with van der Waals surface area (Å²) in [6, 6.07) is 1.16. The fourth-order valence-electron chi connectivity index (χ4n) is 3.18. The van der Waals surface area contributed by atoms with Gasteiger partial charge >= 0.3 is 0 Å². The van der Waals surface area contributed by atoms with E-state index in [-0.39, 0.29) is 5.56 Å². The molecule has 1 aromatic rings. The van der Waals surface area contributed by atoms with Gasteiger partial charge in [-0.1, -0.05) is 0 Å². The van der Waals surface area contributed by atoms with Crippen LogP contribution in [-0.4, -0.2) is 48.7 Å². The molecule has 2 aliphatic heterocycles. The zero-order valence-corrected chi connectivity index (χ0v) is 13.8. The Bertz CT molecular complexity index is 562. The monoisotopic (exact) mass is 356 g/mol. The van der Waals surface area contributed by atoms with E-state index in [9.17, 15) is 4.79 Å². The van der Waals surface area contributed by atoms with Crippen LogP contribution in [0.4, 0.5) is 5.69 Å².